The van der Waals surface area contributed by atoms with E-state index in [2.05, 4.69) is 16.0 Å². The van der Waals surface area contributed by atoms with Crippen LogP contribution in [0.4, 0.5) is 5.82 Å². The van der Waals surface area contributed by atoms with Crippen LogP contribution < -0.4 is 4.90 Å². The van der Waals surface area contributed by atoms with Gasteiger partial charge in [0.1, 0.15) is 5.82 Å². The van der Waals surface area contributed by atoms with E-state index in [0.29, 0.717) is 31.2 Å². The largest absolute Gasteiger partial charge is 0.395 e. The third-order valence-corrected chi connectivity index (χ3v) is 6.77. The van der Waals surface area contributed by atoms with Crippen molar-refractivity contribution in [2.24, 2.45) is 0 Å². The molecule has 1 fully saturated rings. The van der Waals surface area contributed by atoms with E-state index in [1.807, 2.05) is 31.0 Å². The lowest BCUT2D eigenvalue weighted by molar-refractivity contribution is 0.312. The van der Waals surface area contributed by atoms with Crippen LogP contribution in [0.1, 0.15) is 11.1 Å². The lowest BCUT2D eigenvalue weighted by Crippen LogP contribution is -2.49. The van der Waals surface area contributed by atoms with Crippen molar-refractivity contribution in [1.82, 2.24) is 14.3 Å². The summed E-state index contributed by atoms with van der Waals surface area (Å²) in [6.45, 7) is 5.41. The van der Waals surface area contributed by atoms with Crippen LogP contribution in [0.3, 0.4) is 0 Å². The standard InChI is InChI=1S/C18H23ClN4O3S/c1-13-9-14(2)18(21-11-13)15-10-17(20-12-16(15)19)22-3-5-23(6-4-22)27(25,26)8-7-24/h9-12,24H,3-8H2,1-2H3. The maximum absolute atomic E-state index is 12.1. The third-order valence-electron chi connectivity index (χ3n) is 4.62. The molecule has 0 bridgehead atoms. The van der Waals surface area contributed by atoms with Crippen LogP contribution in [-0.2, 0) is 10.0 Å². The average molecular weight is 411 g/mol. The molecule has 0 aromatic carbocycles. The van der Waals surface area contributed by atoms with E-state index >= 15 is 0 Å². The summed E-state index contributed by atoms with van der Waals surface area (Å²) < 4.78 is 25.6. The van der Waals surface area contributed by atoms with E-state index < -0.39 is 10.0 Å². The first-order chi connectivity index (χ1) is 12.8. The van der Waals surface area contributed by atoms with Gasteiger partial charge in [0.2, 0.25) is 10.0 Å². The highest BCUT2D eigenvalue weighted by atomic mass is 35.5. The first kappa shape index (κ1) is 20.0. The molecule has 0 amide bonds. The van der Waals surface area contributed by atoms with E-state index in [9.17, 15) is 8.42 Å². The number of aliphatic hydroxyl groups excluding tert-OH is 1. The summed E-state index contributed by atoms with van der Waals surface area (Å²) in [5, 5.41) is 9.45. The number of anilines is 1. The smallest absolute Gasteiger partial charge is 0.216 e. The predicted molar refractivity (Wildman–Crippen MR) is 107 cm³/mol. The minimum absolute atomic E-state index is 0.241. The molecule has 0 aliphatic carbocycles. The minimum Gasteiger partial charge on any atom is -0.395 e. The van der Waals surface area contributed by atoms with Crippen LogP contribution in [0, 0.1) is 13.8 Å². The van der Waals surface area contributed by atoms with Crippen molar-refractivity contribution in [2.75, 3.05) is 43.4 Å². The zero-order valence-electron chi connectivity index (χ0n) is 15.4. The number of aryl methyl sites for hydroxylation is 2. The van der Waals surface area contributed by atoms with Crippen molar-refractivity contribution >= 4 is 27.4 Å². The summed E-state index contributed by atoms with van der Waals surface area (Å²) >= 11 is 6.37. The molecule has 146 valence electrons. The molecule has 0 atom stereocenters. The fourth-order valence-corrected chi connectivity index (χ4v) is 4.62. The molecule has 1 N–H and O–H groups in total. The molecule has 1 saturated heterocycles. The van der Waals surface area contributed by atoms with Crippen molar-refractivity contribution < 1.29 is 13.5 Å². The zero-order valence-corrected chi connectivity index (χ0v) is 17.0. The van der Waals surface area contributed by atoms with Gasteiger partial charge in [0.25, 0.3) is 0 Å². The van der Waals surface area contributed by atoms with Gasteiger partial charge in [0.15, 0.2) is 0 Å². The normalized spacial score (nSPS) is 15.9. The quantitative estimate of drug-likeness (QED) is 0.809. The van der Waals surface area contributed by atoms with Crippen LogP contribution in [0.2, 0.25) is 5.02 Å². The van der Waals surface area contributed by atoms with Crippen molar-refractivity contribution in [3.63, 3.8) is 0 Å². The Hall–Kier alpha value is -1.74. The number of aliphatic hydroxyl groups is 1. The second kappa shape index (κ2) is 8.10. The highest BCUT2D eigenvalue weighted by Gasteiger charge is 2.27. The highest BCUT2D eigenvalue weighted by molar-refractivity contribution is 7.89. The molecule has 0 unspecified atom stereocenters. The van der Waals surface area contributed by atoms with Crippen LogP contribution in [0.25, 0.3) is 11.3 Å². The maximum atomic E-state index is 12.1. The third kappa shape index (κ3) is 4.40. The van der Waals surface area contributed by atoms with Crippen LogP contribution in [-0.4, -0.2) is 66.3 Å². The van der Waals surface area contributed by atoms with Gasteiger partial charge < -0.3 is 10.0 Å². The Bertz CT molecular complexity index is 928. The molecule has 9 heteroatoms. The van der Waals surface area contributed by atoms with Gasteiger partial charge >= 0.3 is 0 Å². The van der Waals surface area contributed by atoms with E-state index in [4.69, 9.17) is 16.7 Å². The molecule has 7 nitrogen and oxygen atoms in total. The number of rotatable bonds is 5. The molecule has 3 heterocycles. The fraction of sp³-hybridized carbons (Fsp3) is 0.444. The SMILES string of the molecule is Cc1cnc(-c2cc(N3CCN(S(=O)(=O)CCO)CC3)ncc2Cl)c(C)c1. The zero-order chi connectivity index (χ0) is 19.6. The number of piperazine rings is 1. The van der Waals surface area contributed by atoms with Crippen molar-refractivity contribution in [3.05, 3.63) is 40.7 Å². The van der Waals surface area contributed by atoms with E-state index in [1.165, 1.54) is 4.31 Å². The number of hydrogen-bond acceptors (Lipinski definition) is 6. The Balaban J connectivity index is 1.81. The van der Waals surface area contributed by atoms with Gasteiger partial charge in [0.05, 0.1) is 23.1 Å². The van der Waals surface area contributed by atoms with Gasteiger partial charge in [-0.15, -0.1) is 0 Å². The Morgan fingerprint density at radius 1 is 1.11 bits per heavy atom. The summed E-state index contributed by atoms with van der Waals surface area (Å²) in [6, 6.07) is 3.97. The van der Waals surface area contributed by atoms with Gasteiger partial charge in [-0.05, 0) is 31.0 Å². The van der Waals surface area contributed by atoms with Gasteiger partial charge in [0, 0.05) is 44.1 Å². The Morgan fingerprint density at radius 2 is 1.81 bits per heavy atom. The molecule has 3 rings (SSSR count). The summed E-state index contributed by atoms with van der Waals surface area (Å²) in [6.07, 6.45) is 3.42. The van der Waals surface area contributed by atoms with Gasteiger partial charge in [-0.2, -0.15) is 4.31 Å². The molecular weight excluding hydrogens is 388 g/mol. The highest BCUT2D eigenvalue weighted by Crippen LogP contribution is 2.31. The fourth-order valence-electron chi connectivity index (χ4n) is 3.22. The van der Waals surface area contributed by atoms with Crippen molar-refractivity contribution in [1.29, 1.82) is 0 Å². The molecule has 2 aromatic rings. The number of halogens is 1. The van der Waals surface area contributed by atoms with Gasteiger partial charge in [-0.1, -0.05) is 17.7 Å². The van der Waals surface area contributed by atoms with Gasteiger partial charge in [-0.25, -0.2) is 13.4 Å². The number of nitrogens with zero attached hydrogens (tertiary/aromatic N) is 4. The molecule has 27 heavy (non-hydrogen) atoms. The number of aromatic nitrogens is 2. The molecule has 0 saturated carbocycles. The number of sulfonamides is 1. The summed E-state index contributed by atoms with van der Waals surface area (Å²) in [5.74, 6) is 0.504. The molecular formula is C18H23ClN4O3S. The van der Waals surface area contributed by atoms with E-state index in [-0.39, 0.29) is 12.4 Å². The second-order valence-corrected chi connectivity index (χ2v) is 9.12. The molecule has 1 aliphatic rings. The Morgan fingerprint density at radius 3 is 2.44 bits per heavy atom. The number of hydrogen-bond donors (Lipinski definition) is 1. The lowest BCUT2D eigenvalue weighted by atomic mass is 10.1. The molecule has 1 aliphatic heterocycles. The Kier molecular flexibility index (Phi) is 6.00. The molecule has 0 spiro atoms. The molecule has 0 radical (unpaired) electrons. The second-order valence-electron chi connectivity index (χ2n) is 6.63. The number of pyridine rings is 2. The summed E-state index contributed by atoms with van der Waals surface area (Å²) in [5.41, 5.74) is 3.75. The summed E-state index contributed by atoms with van der Waals surface area (Å²) in [7, 11) is -3.40. The minimum atomic E-state index is -3.40. The van der Waals surface area contributed by atoms with Crippen molar-refractivity contribution in [2.45, 2.75) is 13.8 Å². The first-order valence-corrected chi connectivity index (χ1v) is 10.7. The van der Waals surface area contributed by atoms with Crippen LogP contribution in [0.5, 0.6) is 0 Å². The van der Waals surface area contributed by atoms with Crippen molar-refractivity contribution in [3.8, 4) is 11.3 Å². The topological polar surface area (TPSA) is 86.6 Å². The maximum Gasteiger partial charge on any atom is 0.216 e. The van der Waals surface area contributed by atoms with E-state index in [0.717, 1.165) is 28.2 Å². The monoisotopic (exact) mass is 410 g/mol. The predicted octanol–water partition coefficient (Wildman–Crippen LogP) is 1.86. The van der Waals surface area contributed by atoms with Crippen LogP contribution >= 0.6 is 11.6 Å². The van der Waals surface area contributed by atoms with Crippen LogP contribution in [0.15, 0.2) is 24.5 Å². The van der Waals surface area contributed by atoms with E-state index in [1.54, 1.807) is 6.20 Å². The molecule has 2 aromatic heterocycles. The average Bonchev–Trinajstić information content (AvgIpc) is 2.63. The lowest BCUT2D eigenvalue weighted by Gasteiger charge is -2.34. The summed E-state index contributed by atoms with van der Waals surface area (Å²) in [4.78, 5) is 11.0. The van der Waals surface area contributed by atoms with Gasteiger partial charge in [-0.3, -0.25) is 4.98 Å². The first-order valence-electron chi connectivity index (χ1n) is 8.74. The Labute approximate surface area is 164 Å².